The molecule has 72 valence electrons. The van der Waals surface area contributed by atoms with Gasteiger partial charge in [-0.2, -0.15) is 0 Å². The zero-order valence-corrected chi connectivity index (χ0v) is 8.38. The second-order valence-corrected chi connectivity index (χ2v) is 3.60. The van der Waals surface area contributed by atoms with Crippen LogP contribution in [0.15, 0.2) is 30.3 Å². The van der Waals surface area contributed by atoms with E-state index in [1.807, 2.05) is 30.3 Å². The summed E-state index contributed by atoms with van der Waals surface area (Å²) in [6.45, 7) is 1.05. The fourth-order valence-electron chi connectivity index (χ4n) is 1.38. The van der Waals surface area contributed by atoms with E-state index in [1.165, 1.54) is 0 Å². The van der Waals surface area contributed by atoms with Gasteiger partial charge in [-0.3, -0.25) is 4.90 Å². The van der Waals surface area contributed by atoms with Crippen LogP contribution < -0.4 is 5.32 Å². The second kappa shape index (κ2) is 3.75. The lowest BCUT2D eigenvalue weighted by Gasteiger charge is -2.13. The van der Waals surface area contributed by atoms with E-state index >= 15 is 0 Å². The van der Waals surface area contributed by atoms with Crippen LogP contribution in [0.4, 0.5) is 4.79 Å². The SMILES string of the molecule is O=C1NCC(=S)N1Cc1ccccc1. The summed E-state index contributed by atoms with van der Waals surface area (Å²) in [6, 6.07) is 9.71. The molecule has 1 fully saturated rings. The van der Waals surface area contributed by atoms with Crippen LogP contribution in [0.1, 0.15) is 5.56 Å². The van der Waals surface area contributed by atoms with Crippen molar-refractivity contribution in [3.63, 3.8) is 0 Å². The van der Waals surface area contributed by atoms with Gasteiger partial charge in [0, 0.05) is 0 Å². The highest BCUT2D eigenvalue weighted by molar-refractivity contribution is 7.80. The van der Waals surface area contributed by atoms with Gasteiger partial charge < -0.3 is 5.32 Å². The first-order chi connectivity index (χ1) is 6.77. The van der Waals surface area contributed by atoms with Gasteiger partial charge in [-0.05, 0) is 5.56 Å². The third kappa shape index (κ3) is 1.75. The van der Waals surface area contributed by atoms with Gasteiger partial charge in [0.15, 0.2) is 0 Å². The summed E-state index contributed by atoms with van der Waals surface area (Å²) in [6.07, 6.45) is 0. The van der Waals surface area contributed by atoms with E-state index in [2.05, 4.69) is 5.32 Å². The zero-order chi connectivity index (χ0) is 9.97. The summed E-state index contributed by atoms with van der Waals surface area (Å²) in [7, 11) is 0. The van der Waals surface area contributed by atoms with Gasteiger partial charge in [0.05, 0.1) is 13.1 Å². The summed E-state index contributed by atoms with van der Waals surface area (Å²) in [5.74, 6) is 0. The van der Waals surface area contributed by atoms with Crippen LogP contribution in [0, 0.1) is 0 Å². The lowest BCUT2D eigenvalue weighted by molar-refractivity contribution is 0.227. The van der Waals surface area contributed by atoms with Crippen LogP contribution in [0.5, 0.6) is 0 Å². The number of amides is 2. The van der Waals surface area contributed by atoms with Gasteiger partial charge in [-0.1, -0.05) is 42.5 Å². The molecule has 0 radical (unpaired) electrons. The summed E-state index contributed by atoms with van der Waals surface area (Å²) in [4.78, 5) is 13.6. The third-order valence-corrected chi connectivity index (χ3v) is 2.49. The number of hydrogen-bond acceptors (Lipinski definition) is 2. The average molecular weight is 206 g/mol. The first-order valence-corrected chi connectivity index (χ1v) is 4.80. The molecular weight excluding hydrogens is 196 g/mol. The predicted molar refractivity (Wildman–Crippen MR) is 58.0 cm³/mol. The average Bonchev–Trinajstić information content (AvgIpc) is 2.51. The Kier molecular flexibility index (Phi) is 2.45. The number of benzene rings is 1. The number of nitrogens with zero attached hydrogens (tertiary/aromatic N) is 1. The van der Waals surface area contributed by atoms with Gasteiger partial charge in [0.2, 0.25) is 0 Å². The van der Waals surface area contributed by atoms with Crippen molar-refractivity contribution in [1.82, 2.24) is 10.2 Å². The van der Waals surface area contributed by atoms with E-state index in [0.29, 0.717) is 18.1 Å². The highest BCUT2D eigenvalue weighted by atomic mass is 32.1. The Morgan fingerprint density at radius 2 is 2.07 bits per heavy atom. The minimum absolute atomic E-state index is 0.0983. The minimum Gasteiger partial charge on any atom is -0.331 e. The standard InChI is InChI=1S/C10H10N2OS/c13-10-11-6-9(14)12(10)7-8-4-2-1-3-5-8/h1-5H,6-7H2,(H,11,13). The van der Waals surface area contributed by atoms with Crippen molar-refractivity contribution < 1.29 is 4.79 Å². The monoisotopic (exact) mass is 206 g/mol. The van der Waals surface area contributed by atoms with Crippen molar-refractivity contribution in [2.75, 3.05) is 6.54 Å². The van der Waals surface area contributed by atoms with E-state index in [0.717, 1.165) is 5.56 Å². The van der Waals surface area contributed by atoms with Gasteiger partial charge >= 0.3 is 6.03 Å². The van der Waals surface area contributed by atoms with Crippen LogP contribution in [0.25, 0.3) is 0 Å². The van der Waals surface area contributed by atoms with Gasteiger partial charge in [0.25, 0.3) is 0 Å². The smallest absolute Gasteiger partial charge is 0.322 e. The topological polar surface area (TPSA) is 32.3 Å². The van der Waals surface area contributed by atoms with Crippen molar-refractivity contribution in [2.24, 2.45) is 0 Å². The molecule has 1 aromatic rings. The number of carbonyl (C=O) groups excluding carboxylic acids is 1. The first-order valence-electron chi connectivity index (χ1n) is 4.39. The highest BCUT2D eigenvalue weighted by Crippen LogP contribution is 2.08. The van der Waals surface area contributed by atoms with Crippen LogP contribution in [-0.4, -0.2) is 22.5 Å². The van der Waals surface area contributed by atoms with Crippen molar-refractivity contribution in [2.45, 2.75) is 6.54 Å². The Bertz CT molecular complexity index is 348. The van der Waals surface area contributed by atoms with Crippen LogP contribution >= 0.6 is 12.2 Å². The zero-order valence-electron chi connectivity index (χ0n) is 7.56. The molecule has 4 heteroatoms. The Labute approximate surface area is 87.7 Å². The molecule has 2 rings (SSSR count). The summed E-state index contributed by atoms with van der Waals surface area (Å²) < 4.78 is 0. The molecule has 1 saturated heterocycles. The quantitative estimate of drug-likeness (QED) is 0.744. The van der Waals surface area contributed by atoms with Crippen LogP contribution in [0.3, 0.4) is 0 Å². The molecule has 1 aliphatic rings. The summed E-state index contributed by atoms with van der Waals surface area (Å²) >= 11 is 5.06. The van der Waals surface area contributed by atoms with Crippen LogP contribution in [0.2, 0.25) is 0 Å². The lowest BCUT2D eigenvalue weighted by atomic mass is 10.2. The maximum atomic E-state index is 11.3. The minimum atomic E-state index is -0.0983. The first kappa shape index (κ1) is 9.15. The van der Waals surface area contributed by atoms with Gasteiger partial charge in [-0.15, -0.1) is 0 Å². The molecule has 2 amide bonds. The van der Waals surface area contributed by atoms with Crippen molar-refractivity contribution in [3.05, 3.63) is 35.9 Å². The Balaban J connectivity index is 2.11. The molecule has 0 bridgehead atoms. The largest absolute Gasteiger partial charge is 0.331 e. The van der Waals surface area contributed by atoms with Crippen molar-refractivity contribution in [3.8, 4) is 0 Å². The molecule has 1 aliphatic heterocycles. The molecule has 0 aliphatic carbocycles. The van der Waals surface area contributed by atoms with Crippen molar-refractivity contribution >= 4 is 23.2 Å². The molecule has 0 saturated carbocycles. The molecule has 0 spiro atoms. The molecular formula is C10H10N2OS. The molecule has 3 nitrogen and oxygen atoms in total. The number of carbonyl (C=O) groups is 1. The lowest BCUT2D eigenvalue weighted by Crippen LogP contribution is -2.29. The third-order valence-electron chi connectivity index (χ3n) is 2.12. The fraction of sp³-hybridized carbons (Fsp3) is 0.200. The Hall–Kier alpha value is -1.42. The molecule has 1 N–H and O–H groups in total. The molecule has 1 aromatic carbocycles. The summed E-state index contributed by atoms with van der Waals surface area (Å²) in [5, 5.41) is 2.69. The maximum Gasteiger partial charge on any atom is 0.322 e. The maximum absolute atomic E-state index is 11.3. The molecule has 1 heterocycles. The Morgan fingerprint density at radius 3 is 2.64 bits per heavy atom. The highest BCUT2D eigenvalue weighted by Gasteiger charge is 2.24. The Morgan fingerprint density at radius 1 is 1.36 bits per heavy atom. The van der Waals surface area contributed by atoms with E-state index in [4.69, 9.17) is 12.2 Å². The van der Waals surface area contributed by atoms with Crippen molar-refractivity contribution in [1.29, 1.82) is 0 Å². The molecule has 14 heavy (non-hydrogen) atoms. The molecule has 0 unspecified atom stereocenters. The van der Waals surface area contributed by atoms with Crippen LogP contribution in [-0.2, 0) is 6.54 Å². The van der Waals surface area contributed by atoms with E-state index in [-0.39, 0.29) is 6.03 Å². The predicted octanol–water partition coefficient (Wildman–Crippen LogP) is 1.54. The normalized spacial score (nSPS) is 15.9. The molecule has 0 aromatic heterocycles. The van der Waals surface area contributed by atoms with Gasteiger partial charge in [0.1, 0.15) is 4.99 Å². The number of thiocarbonyl (C=S) groups is 1. The fourth-order valence-corrected chi connectivity index (χ4v) is 1.60. The van der Waals surface area contributed by atoms with Gasteiger partial charge in [-0.25, -0.2) is 4.79 Å². The number of urea groups is 1. The summed E-state index contributed by atoms with van der Waals surface area (Å²) in [5.41, 5.74) is 1.09. The number of nitrogens with one attached hydrogen (secondary N) is 1. The second-order valence-electron chi connectivity index (χ2n) is 3.12. The van der Waals surface area contributed by atoms with E-state index < -0.39 is 0 Å². The van der Waals surface area contributed by atoms with E-state index in [9.17, 15) is 4.79 Å². The van der Waals surface area contributed by atoms with E-state index in [1.54, 1.807) is 4.90 Å². The number of hydrogen-bond donors (Lipinski definition) is 1. The molecule has 0 atom stereocenters. The number of rotatable bonds is 2.